The van der Waals surface area contributed by atoms with Crippen LogP contribution >= 0.6 is 23.4 Å². The molecule has 0 unspecified atom stereocenters. The van der Waals surface area contributed by atoms with Crippen LogP contribution in [0.15, 0.2) is 17.8 Å². The van der Waals surface area contributed by atoms with Crippen molar-refractivity contribution < 1.29 is 0 Å². The molecule has 5 heteroatoms. The molecule has 0 aliphatic rings. The van der Waals surface area contributed by atoms with Crippen molar-refractivity contribution in [1.29, 1.82) is 0 Å². The van der Waals surface area contributed by atoms with Gasteiger partial charge in [0.1, 0.15) is 5.82 Å². The van der Waals surface area contributed by atoms with Crippen LogP contribution < -0.4 is 0 Å². The van der Waals surface area contributed by atoms with Gasteiger partial charge in [-0.2, -0.15) is 0 Å². The van der Waals surface area contributed by atoms with Gasteiger partial charge in [-0.05, 0) is 0 Å². The number of halogens is 1. The van der Waals surface area contributed by atoms with Crippen molar-refractivity contribution >= 4 is 23.4 Å². The highest BCUT2D eigenvalue weighted by molar-refractivity contribution is 7.99. The standard InChI is InChI=1S/C7H10ClN3S/c1-3-4-12-7-10-9-6(5-8)11(7)2/h3H,1,4-5H2,2H3. The number of rotatable bonds is 4. The van der Waals surface area contributed by atoms with Crippen molar-refractivity contribution in [3.8, 4) is 0 Å². The van der Waals surface area contributed by atoms with Crippen LogP contribution in [-0.4, -0.2) is 20.5 Å². The third kappa shape index (κ3) is 2.01. The van der Waals surface area contributed by atoms with E-state index >= 15 is 0 Å². The molecule has 0 aliphatic carbocycles. The Balaban J connectivity index is 2.72. The minimum absolute atomic E-state index is 0.401. The molecular weight excluding hydrogens is 194 g/mol. The molecule has 0 radical (unpaired) electrons. The van der Waals surface area contributed by atoms with Crippen molar-refractivity contribution in [3.63, 3.8) is 0 Å². The first-order valence-electron chi connectivity index (χ1n) is 3.47. The summed E-state index contributed by atoms with van der Waals surface area (Å²) in [7, 11) is 1.91. The van der Waals surface area contributed by atoms with Gasteiger partial charge < -0.3 is 4.57 Å². The lowest BCUT2D eigenvalue weighted by Gasteiger charge is -1.98. The van der Waals surface area contributed by atoms with Gasteiger partial charge in [0.05, 0.1) is 5.88 Å². The average molecular weight is 204 g/mol. The fraction of sp³-hybridized carbons (Fsp3) is 0.429. The van der Waals surface area contributed by atoms with Gasteiger partial charge >= 0.3 is 0 Å². The fourth-order valence-electron chi connectivity index (χ4n) is 0.721. The Morgan fingerprint density at radius 3 is 2.92 bits per heavy atom. The van der Waals surface area contributed by atoms with E-state index in [2.05, 4.69) is 16.8 Å². The first kappa shape index (κ1) is 9.61. The molecule has 3 nitrogen and oxygen atoms in total. The molecule has 0 bridgehead atoms. The van der Waals surface area contributed by atoms with Crippen LogP contribution in [0.1, 0.15) is 5.82 Å². The number of thioether (sulfide) groups is 1. The first-order chi connectivity index (χ1) is 5.79. The van der Waals surface area contributed by atoms with Gasteiger partial charge in [-0.25, -0.2) is 0 Å². The number of nitrogens with zero attached hydrogens (tertiary/aromatic N) is 3. The third-order valence-corrected chi connectivity index (χ3v) is 2.63. The van der Waals surface area contributed by atoms with E-state index in [1.54, 1.807) is 11.8 Å². The van der Waals surface area contributed by atoms with E-state index in [9.17, 15) is 0 Å². The SMILES string of the molecule is C=CCSc1nnc(CCl)n1C. The van der Waals surface area contributed by atoms with Crippen LogP contribution in [0.25, 0.3) is 0 Å². The monoisotopic (exact) mass is 203 g/mol. The predicted octanol–water partition coefficient (Wildman–Crippen LogP) is 1.83. The zero-order chi connectivity index (χ0) is 8.97. The fourth-order valence-corrected chi connectivity index (χ4v) is 1.62. The summed E-state index contributed by atoms with van der Waals surface area (Å²) < 4.78 is 1.89. The van der Waals surface area contributed by atoms with E-state index in [0.29, 0.717) is 5.88 Å². The van der Waals surface area contributed by atoms with Gasteiger partial charge in [-0.1, -0.05) is 17.8 Å². The molecule has 66 valence electrons. The summed E-state index contributed by atoms with van der Waals surface area (Å²) in [5, 5.41) is 8.76. The van der Waals surface area contributed by atoms with Crippen LogP contribution in [0, 0.1) is 0 Å². The minimum atomic E-state index is 0.401. The molecule has 0 N–H and O–H groups in total. The molecule has 0 fully saturated rings. The summed E-state index contributed by atoms with van der Waals surface area (Å²) in [5.74, 6) is 2.04. The van der Waals surface area contributed by atoms with Crippen molar-refractivity contribution in [2.24, 2.45) is 7.05 Å². The minimum Gasteiger partial charge on any atom is -0.308 e. The lowest BCUT2D eigenvalue weighted by atomic mass is 10.7. The lowest BCUT2D eigenvalue weighted by molar-refractivity contribution is 0.761. The molecule has 12 heavy (non-hydrogen) atoms. The maximum atomic E-state index is 5.63. The number of alkyl halides is 1. The molecule has 0 aliphatic heterocycles. The van der Waals surface area contributed by atoms with Crippen molar-refractivity contribution in [2.75, 3.05) is 5.75 Å². The molecule has 0 amide bonds. The third-order valence-electron chi connectivity index (χ3n) is 1.37. The molecule has 1 aromatic rings. The molecule has 1 aromatic heterocycles. The van der Waals surface area contributed by atoms with Gasteiger partial charge in [0.2, 0.25) is 0 Å². The largest absolute Gasteiger partial charge is 0.308 e. The summed E-state index contributed by atoms with van der Waals surface area (Å²) in [6.07, 6.45) is 1.83. The maximum absolute atomic E-state index is 5.63. The Morgan fingerprint density at radius 1 is 1.67 bits per heavy atom. The van der Waals surface area contributed by atoms with Crippen LogP contribution in [0.3, 0.4) is 0 Å². The number of hydrogen-bond donors (Lipinski definition) is 0. The average Bonchev–Trinajstić information content (AvgIpc) is 2.43. The second kappa shape index (κ2) is 4.52. The van der Waals surface area contributed by atoms with Gasteiger partial charge in [0.15, 0.2) is 5.16 Å². The second-order valence-corrected chi connectivity index (χ2v) is 3.45. The van der Waals surface area contributed by atoms with E-state index < -0.39 is 0 Å². The first-order valence-corrected chi connectivity index (χ1v) is 4.99. The summed E-state index contributed by atoms with van der Waals surface area (Å²) >= 11 is 7.22. The van der Waals surface area contributed by atoms with Crippen molar-refractivity contribution in [3.05, 3.63) is 18.5 Å². The van der Waals surface area contributed by atoms with E-state index in [0.717, 1.165) is 16.7 Å². The molecule has 1 heterocycles. The smallest absolute Gasteiger partial charge is 0.191 e. The molecule has 0 saturated heterocycles. The molecule has 1 rings (SSSR count). The number of hydrogen-bond acceptors (Lipinski definition) is 3. The highest BCUT2D eigenvalue weighted by Gasteiger charge is 2.06. The molecular formula is C7H10ClN3S. The molecule has 0 saturated carbocycles. The summed E-state index contributed by atoms with van der Waals surface area (Å²) in [6.45, 7) is 3.63. The van der Waals surface area contributed by atoms with Gasteiger partial charge in [-0.15, -0.1) is 28.4 Å². The summed E-state index contributed by atoms with van der Waals surface area (Å²) in [4.78, 5) is 0. The topological polar surface area (TPSA) is 30.7 Å². The summed E-state index contributed by atoms with van der Waals surface area (Å²) in [6, 6.07) is 0. The quantitative estimate of drug-likeness (QED) is 0.425. The lowest BCUT2D eigenvalue weighted by Crippen LogP contribution is -1.96. The Labute approximate surface area is 80.8 Å². The van der Waals surface area contributed by atoms with Gasteiger partial charge in [0, 0.05) is 12.8 Å². The maximum Gasteiger partial charge on any atom is 0.191 e. The zero-order valence-corrected chi connectivity index (χ0v) is 8.40. The van der Waals surface area contributed by atoms with Crippen molar-refractivity contribution in [1.82, 2.24) is 14.8 Å². The second-order valence-electron chi connectivity index (χ2n) is 2.19. The highest BCUT2D eigenvalue weighted by Crippen LogP contribution is 2.15. The van der Waals surface area contributed by atoms with Crippen LogP contribution in [0.5, 0.6) is 0 Å². The van der Waals surface area contributed by atoms with Crippen molar-refractivity contribution in [2.45, 2.75) is 11.0 Å². The van der Waals surface area contributed by atoms with Gasteiger partial charge in [-0.3, -0.25) is 0 Å². The van der Waals surface area contributed by atoms with Gasteiger partial charge in [0.25, 0.3) is 0 Å². The summed E-state index contributed by atoms with van der Waals surface area (Å²) in [5.41, 5.74) is 0. The van der Waals surface area contributed by atoms with Crippen LogP contribution in [0.2, 0.25) is 0 Å². The normalized spacial score (nSPS) is 10.2. The zero-order valence-electron chi connectivity index (χ0n) is 6.83. The van der Waals surface area contributed by atoms with E-state index in [-0.39, 0.29) is 0 Å². The molecule has 0 spiro atoms. The number of aromatic nitrogens is 3. The van der Waals surface area contributed by atoms with E-state index in [1.165, 1.54) is 0 Å². The molecule has 0 aromatic carbocycles. The van der Waals surface area contributed by atoms with E-state index in [4.69, 9.17) is 11.6 Å². The molecule has 0 atom stereocenters. The Morgan fingerprint density at radius 2 is 2.42 bits per heavy atom. The predicted molar refractivity (Wildman–Crippen MR) is 51.5 cm³/mol. The Hall–Kier alpha value is -0.480. The Kier molecular flexibility index (Phi) is 3.62. The van der Waals surface area contributed by atoms with Crippen LogP contribution in [0.4, 0.5) is 0 Å². The Bertz CT molecular complexity index is 272. The highest BCUT2D eigenvalue weighted by atomic mass is 35.5. The van der Waals surface area contributed by atoms with Crippen LogP contribution in [-0.2, 0) is 12.9 Å². The van der Waals surface area contributed by atoms with E-state index in [1.807, 2.05) is 17.7 Å².